The largest absolute Gasteiger partial charge is 0.398 e. The van der Waals surface area contributed by atoms with Gasteiger partial charge in [-0.2, -0.15) is 0 Å². The lowest BCUT2D eigenvalue weighted by atomic mass is 10.0. The number of ketones is 2. The van der Waals surface area contributed by atoms with Crippen LogP contribution in [-0.4, -0.2) is 21.5 Å². The van der Waals surface area contributed by atoms with Crippen molar-refractivity contribution in [3.8, 4) is 0 Å². The maximum Gasteiger partial charge on any atom is 0.185 e. The van der Waals surface area contributed by atoms with E-state index < -0.39 is 0 Å². The van der Waals surface area contributed by atoms with Gasteiger partial charge < -0.3 is 5.73 Å². The lowest BCUT2D eigenvalue weighted by Crippen LogP contribution is -2.08. The van der Waals surface area contributed by atoms with E-state index in [1.54, 1.807) is 30.6 Å². The van der Waals surface area contributed by atoms with Gasteiger partial charge in [-0.1, -0.05) is 42.5 Å². The van der Waals surface area contributed by atoms with Crippen molar-refractivity contribution in [3.05, 3.63) is 95.1 Å². The van der Waals surface area contributed by atoms with Crippen molar-refractivity contribution >= 4 is 23.3 Å². The molecule has 1 aromatic carbocycles. The number of Topliss-reactive ketones (excluding diaryl/α,β-unsaturated/α-hetero) is 2. The number of nitrogen functional groups attached to an aromatic ring is 1. The molecule has 2 N–H and O–H groups in total. The second-order valence-electron chi connectivity index (χ2n) is 6.91. The Morgan fingerprint density at radius 1 is 0.966 bits per heavy atom. The SMILES string of the molecule is Cc1ccc(/C=C/CC(=O)Cc2ccc(C(=O)Cc3ccccc3N)nc2)cn1. The monoisotopic (exact) mass is 385 g/mol. The van der Waals surface area contributed by atoms with Crippen molar-refractivity contribution in [3.63, 3.8) is 0 Å². The highest BCUT2D eigenvalue weighted by Gasteiger charge is 2.11. The number of nitrogens with zero attached hydrogens (tertiary/aromatic N) is 2. The maximum absolute atomic E-state index is 12.4. The van der Waals surface area contributed by atoms with Crippen LogP contribution in [0.2, 0.25) is 0 Å². The molecule has 3 rings (SSSR count). The number of carbonyl (C=O) groups excluding carboxylic acids is 2. The summed E-state index contributed by atoms with van der Waals surface area (Å²) in [5.74, 6) is -0.0188. The van der Waals surface area contributed by atoms with Crippen LogP contribution in [0.5, 0.6) is 0 Å². The molecule has 5 heteroatoms. The molecule has 5 nitrogen and oxygen atoms in total. The molecular formula is C24H23N3O2. The average Bonchev–Trinajstić information content (AvgIpc) is 2.72. The molecule has 0 spiro atoms. The van der Waals surface area contributed by atoms with Gasteiger partial charge in [0.2, 0.25) is 0 Å². The van der Waals surface area contributed by atoms with Crippen LogP contribution in [0.1, 0.15) is 39.3 Å². The van der Waals surface area contributed by atoms with Crippen LogP contribution < -0.4 is 5.73 Å². The summed E-state index contributed by atoms with van der Waals surface area (Å²) < 4.78 is 0. The molecule has 2 aromatic heterocycles. The van der Waals surface area contributed by atoms with E-state index in [2.05, 4.69) is 9.97 Å². The molecule has 0 saturated heterocycles. The molecule has 29 heavy (non-hydrogen) atoms. The summed E-state index contributed by atoms with van der Waals surface area (Å²) >= 11 is 0. The Balaban J connectivity index is 1.53. The highest BCUT2D eigenvalue weighted by atomic mass is 16.1. The summed E-state index contributed by atoms with van der Waals surface area (Å²) in [4.78, 5) is 33.0. The summed E-state index contributed by atoms with van der Waals surface area (Å²) in [5.41, 5.74) is 10.4. The molecule has 146 valence electrons. The van der Waals surface area contributed by atoms with Crippen LogP contribution in [0.15, 0.2) is 67.0 Å². The number of benzene rings is 1. The predicted molar refractivity (Wildman–Crippen MR) is 114 cm³/mol. The number of hydrogen-bond acceptors (Lipinski definition) is 5. The third-order valence-electron chi connectivity index (χ3n) is 4.51. The molecular weight excluding hydrogens is 362 g/mol. The van der Waals surface area contributed by atoms with E-state index in [4.69, 9.17) is 5.73 Å². The fourth-order valence-corrected chi connectivity index (χ4v) is 2.86. The second-order valence-corrected chi connectivity index (χ2v) is 6.91. The minimum Gasteiger partial charge on any atom is -0.398 e. The van der Waals surface area contributed by atoms with E-state index in [1.807, 2.05) is 49.4 Å². The maximum atomic E-state index is 12.4. The van der Waals surface area contributed by atoms with Crippen molar-refractivity contribution in [2.45, 2.75) is 26.2 Å². The molecule has 0 radical (unpaired) electrons. The zero-order chi connectivity index (χ0) is 20.6. The number of allylic oxidation sites excluding steroid dienone is 1. The van der Waals surface area contributed by atoms with Crippen molar-refractivity contribution < 1.29 is 9.59 Å². The number of para-hydroxylation sites is 1. The number of carbonyl (C=O) groups is 2. The number of anilines is 1. The summed E-state index contributed by atoms with van der Waals surface area (Å²) in [6.45, 7) is 1.93. The van der Waals surface area contributed by atoms with Gasteiger partial charge in [-0.25, -0.2) is 0 Å². The normalized spacial score (nSPS) is 10.9. The van der Waals surface area contributed by atoms with Gasteiger partial charge in [0.25, 0.3) is 0 Å². The summed E-state index contributed by atoms with van der Waals surface area (Å²) in [7, 11) is 0. The van der Waals surface area contributed by atoms with E-state index >= 15 is 0 Å². The van der Waals surface area contributed by atoms with Gasteiger partial charge >= 0.3 is 0 Å². The number of rotatable bonds is 8. The highest BCUT2D eigenvalue weighted by molar-refractivity contribution is 5.96. The zero-order valence-electron chi connectivity index (χ0n) is 16.3. The first-order chi connectivity index (χ1) is 14.0. The third kappa shape index (κ3) is 5.94. The van der Waals surface area contributed by atoms with E-state index in [0.717, 1.165) is 22.4 Å². The van der Waals surface area contributed by atoms with Gasteiger partial charge in [-0.3, -0.25) is 19.6 Å². The standard InChI is InChI=1S/C24H23N3O2/c1-17-9-10-18(15-26-17)5-4-7-21(28)13-19-11-12-23(27-16-19)24(29)14-20-6-2-3-8-22(20)25/h2-6,8-12,15-16H,7,13-14,25H2,1H3/b5-4+. The van der Waals surface area contributed by atoms with E-state index in [-0.39, 0.29) is 24.4 Å². The Kier molecular flexibility index (Phi) is 6.63. The van der Waals surface area contributed by atoms with Crippen molar-refractivity contribution in [2.24, 2.45) is 0 Å². The second kappa shape index (κ2) is 9.55. The number of aromatic nitrogens is 2. The lowest BCUT2D eigenvalue weighted by molar-refractivity contribution is -0.117. The molecule has 3 aromatic rings. The molecule has 0 aliphatic rings. The Labute approximate surface area is 170 Å². The zero-order valence-corrected chi connectivity index (χ0v) is 16.3. The minimum atomic E-state index is -0.101. The number of aryl methyl sites for hydroxylation is 1. The molecule has 0 fully saturated rings. The Morgan fingerprint density at radius 2 is 1.79 bits per heavy atom. The van der Waals surface area contributed by atoms with E-state index in [1.165, 1.54) is 0 Å². The number of hydrogen-bond donors (Lipinski definition) is 1. The van der Waals surface area contributed by atoms with Gasteiger partial charge in [-0.15, -0.1) is 0 Å². The third-order valence-corrected chi connectivity index (χ3v) is 4.51. The molecule has 0 atom stereocenters. The smallest absolute Gasteiger partial charge is 0.185 e. The minimum absolute atomic E-state index is 0.0826. The first kappa shape index (κ1) is 20.1. The Morgan fingerprint density at radius 3 is 2.48 bits per heavy atom. The Bertz CT molecular complexity index is 1020. The molecule has 0 bridgehead atoms. The fraction of sp³-hybridized carbons (Fsp3) is 0.167. The summed E-state index contributed by atoms with van der Waals surface area (Å²) in [6, 6.07) is 14.6. The van der Waals surface area contributed by atoms with Crippen LogP contribution in [-0.2, 0) is 17.6 Å². The van der Waals surface area contributed by atoms with Crippen LogP contribution in [0.25, 0.3) is 6.08 Å². The number of nitrogens with two attached hydrogens (primary N) is 1. The van der Waals surface area contributed by atoms with Crippen LogP contribution in [0.4, 0.5) is 5.69 Å². The van der Waals surface area contributed by atoms with Gasteiger partial charge in [0.15, 0.2) is 5.78 Å². The van der Waals surface area contributed by atoms with Crippen molar-refractivity contribution in [2.75, 3.05) is 5.73 Å². The first-order valence-electron chi connectivity index (χ1n) is 9.43. The molecule has 0 aliphatic carbocycles. The fourth-order valence-electron chi connectivity index (χ4n) is 2.86. The first-order valence-corrected chi connectivity index (χ1v) is 9.43. The van der Waals surface area contributed by atoms with Gasteiger partial charge in [-0.05, 0) is 41.8 Å². The van der Waals surface area contributed by atoms with Crippen molar-refractivity contribution in [1.29, 1.82) is 0 Å². The summed E-state index contributed by atoms with van der Waals surface area (Å²) in [5, 5.41) is 0. The summed E-state index contributed by atoms with van der Waals surface area (Å²) in [6.07, 6.45) is 7.91. The predicted octanol–water partition coefficient (Wildman–Crippen LogP) is 4.01. The highest BCUT2D eigenvalue weighted by Crippen LogP contribution is 2.14. The molecule has 0 saturated carbocycles. The van der Waals surface area contributed by atoms with Crippen LogP contribution in [0.3, 0.4) is 0 Å². The quantitative estimate of drug-likeness (QED) is 0.468. The van der Waals surface area contributed by atoms with E-state index in [9.17, 15) is 9.59 Å². The Hall–Kier alpha value is -3.60. The van der Waals surface area contributed by atoms with Crippen LogP contribution in [0, 0.1) is 6.92 Å². The lowest BCUT2D eigenvalue weighted by Gasteiger charge is -2.05. The average molecular weight is 385 g/mol. The molecule has 0 amide bonds. The van der Waals surface area contributed by atoms with Gasteiger partial charge in [0, 0.05) is 43.0 Å². The number of pyridine rings is 2. The molecule has 0 aliphatic heterocycles. The van der Waals surface area contributed by atoms with Gasteiger partial charge in [0.05, 0.1) is 0 Å². The van der Waals surface area contributed by atoms with Crippen LogP contribution >= 0.6 is 0 Å². The molecule has 0 unspecified atom stereocenters. The van der Waals surface area contributed by atoms with Crippen molar-refractivity contribution in [1.82, 2.24) is 9.97 Å². The van der Waals surface area contributed by atoms with Gasteiger partial charge in [0.1, 0.15) is 11.5 Å². The topological polar surface area (TPSA) is 85.9 Å². The molecule has 2 heterocycles. The van der Waals surface area contributed by atoms with E-state index in [0.29, 0.717) is 17.8 Å².